The van der Waals surface area contributed by atoms with Crippen LogP contribution in [0.4, 0.5) is 8.78 Å². The van der Waals surface area contributed by atoms with E-state index < -0.39 is 11.6 Å². The van der Waals surface area contributed by atoms with Crippen LogP contribution in [0.1, 0.15) is 37.7 Å². The van der Waals surface area contributed by atoms with E-state index in [2.05, 4.69) is 12.2 Å². The molecule has 0 radical (unpaired) electrons. The van der Waals surface area contributed by atoms with Crippen molar-refractivity contribution in [2.24, 2.45) is 5.92 Å². The third kappa shape index (κ3) is 2.83. The average Bonchev–Trinajstić information content (AvgIpc) is 2.28. The highest BCUT2D eigenvalue weighted by atomic mass is 19.2. The van der Waals surface area contributed by atoms with Gasteiger partial charge in [0.15, 0.2) is 11.6 Å². The van der Waals surface area contributed by atoms with Crippen molar-refractivity contribution in [3.8, 4) is 0 Å². The molecule has 3 heteroatoms. The van der Waals surface area contributed by atoms with Crippen LogP contribution < -0.4 is 5.32 Å². The monoisotopic (exact) mass is 239 g/mol. The van der Waals surface area contributed by atoms with Gasteiger partial charge >= 0.3 is 0 Å². The minimum absolute atomic E-state index is 0.398. The summed E-state index contributed by atoms with van der Waals surface area (Å²) in [7, 11) is 0. The zero-order valence-corrected chi connectivity index (χ0v) is 10.2. The van der Waals surface area contributed by atoms with Gasteiger partial charge < -0.3 is 5.32 Å². The largest absolute Gasteiger partial charge is 0.316 e. The summed E-state index contributed by atoms with van der Waals surface area (Å²) in [6.07, 6.45) is 3.40. The Balaban J connectivity index is 1.95. The Morgan fingerprint density at radius 2 is 2.06 bits per heavy atom. The van der Waals surface area contributed by atoms with Crippen LogP contribution in [0.25, 0.3) is 0 Å². The van der Waals surface area contributed by atoms with E-state index in [4.69, 9.17) is 0 Å². The molecule has 0 aliphatic heterocycles. The summed E-state index contributed by atoms with van der Waals surface area (Å²) in [5.41, 5.74) is 0.943. The van der Waals surface area contributed by atoms with Crippen molar-refractivity contribution in [3.05, 3.63) is 35.4 Å². The normalized spacial score (nSPS) is 23.5. The minimum Gasteiger partial charge on any atom is -0.316 e. The lowest BCUT2D eigenvalue weighted by atomic mass is 9.70. The zero-order valence-electron chi connectivity index (χ0n) is 10.2. The quantitative estimate of drug-likeness (QED) is 0.776. The van der Waals surface area contributed by atoms with Crippen LogP contribution in [-0.4, -0.2) is 13.1 Å². The Bertz CT molecular complexity index is 378. The first-order chi connectivity index (χ1) is 8.22. The third-order valence-electron chi connectivity index (χ3n) is 3.62. The molecule has 0 heterocycles. The zero-order chi connectivity index (χ0) is 12.3. The maximum Gasteiger partial charge on any atom is 0.159 e. The molecule has 1 N–H and O–H groups in total. The molecule has 2 rings (SSSR count). The van der Waals surface area contributed by atoms with Crippen molar-refractivity contribution in [1.82, 2.24) is 5.32 Å². The summed E-state index contributed by atoms with van der Waals surface area (Å²) in [4.78, 5) is 0. The van der Waals surface area contributed by atoms with E-state index in [0.717, 1.165) is 31.5 Å². The maximum absolute atomic E-state index is 13.1. The highest BCUT2D eigenvalue weighted by Gasteiger charge is 2.31. The topological polar surface area (TPSA) is 12.0 Å². The lowest BCUT2D eigenvalue weighted by Crippen LogP contribution is -2.34. The van der Waals surface area contributed by atoms with Gasteiger partial charge in [-0.05, 0) is 61.9 Å². The highest BCUT2D eigenvalue weighted by molar-refractivity contribution is 5.24. The van der Waals surface area contributed by atoms with Crippen molar-refractivity contribution >= 4 is 0 Å². The first kappa shape index (κ1) is 12.5. The molecule has 0 aromatic heterocycles. The van der Waals surface area contributed by atoms with Crippen LogP contribution in [0.5, 0.6) is 0 Å². The first-order valence-corrected chi connectivity index (χ1v) is 6.38. The van der Waals surface area contributed by atoms with Crippen molar-refractivity contribution in [3.63, 3.8) is 0 Å². The average molecular weight is 239 g/mol. The Morgan fingerprint density at radius 1 is 1.24 bits per heavy atom. The van der Waals surface area contributed by atoms with Gasteiger partial charge in [-0.3, -0.25) is 0 Å². The van der Waals surface area contributed by atoms with Gasteiger partial charge in [0, 0.05) is 0 Å². The molecular formula is C14H19F2N. The second-order valence-corrected chi connectivity index (χ2v) is 4.82. The van der Waals surface area contributed by atoms with Crippen LogP contribution >= 0.6 is 0 Å². The molecule has 1 aliphatic carbocycles. The fourth-order valence-corrected chi connectivity index (χ4v) is 2.46. The van der Waals surface area contributed by atoms with Crippen molar-refractivity contribution in [2.45, 2.75) is 32.1 Å². The third-order valence-corrected chi connectivity index (χ3v) is 3.62. The molecule has 2 atom stereocenters. The summed E-state index contributed by atoms with van der Waals surface area (Å²) < 4.78 is 26.0. The van der Waals surface area contributed by atoms with Gasteiger partial charge in [-0.25, -0.2) is 8.78 Å². The second kappa shape index (κ2) is 5.58. The van der Waals surface area contributed by atoms with Crippen LogP contribution in [-0.2, 0) is 0 Å². The van der Waals surface area contributed by atoms with Gasteiger partial charge in [-0.2, -0.15) is 0 Å². The number of nitrogens with one attached hydrogen (secondary N) is 1. The number of hydrogen-bond acceptors (Lipinski definition) is 1. The van der Waals surface area contributed by atoms with Crippen molar-refractivity contribution in [2.75, 3.05) is 13.1 Å². The van der Waals surface area contributed by atoms with Crippen LogP contribution in [0.2, 0.25) is 0 Å². The molecule has 1 fully saturated rings. The standard InChI is InChI=1S/C14H19F2N/c1-2-7-17-9-11-3-5-12(11)10-4-6-13(15)14(16)8-10/h4,6,8,11-12,17H,2-3,5,7,9H2,1H3. The molecule has 0 bridgehead atoms. The molecule has 1 aromatic rings. The lowest BCUT2D eigenvalue weighted by molar-refractivity contribution is 0.245. The van der Waals surface area contributed by atoms with Gasteiger partial charge in [0.2, 0.25) is 0 Å². The lowest BCUT2D eigenvalue weighted by Gasteiger charge is -2.37. The number of hydrogen-bond donors (Lipinski definition) is 1. The van der Waals surface area contributed by atoms with E-state index in [1.165, 1.54) is 18.6 Å². The predicted octanol–water partition coefficient (Wildman–Crippen LogP) is 3.46. The second-order valence-electron chi connectivity index (χ2n) is 4.82. The van der Waals surface area contributed by atoms with Gasteiger partial charge in [-0.15, -0.1) is 0 Å². The van der Waals surface area contributed by atoms with Gasteiger partial charge in [0.05, 0.1) is 0 Å². The van der Waals surface area contributed by atoms with Crippen LogP contribution in [0.15, 0.2) is 18.2 Å². The van der Waals surface area contributed by atoms with E-state index in [1.807, 2.05) is 0 Å². The summed E-state index contributed by atoms with van der Waals surface area (Å²) in [6.45, 7) is 4.15. The van der Waals surface area contributed by atoms with E-state index in [9.17, 15) is 8.78 Å². The maximum atomic E-state index is 13.1. The smallest absolute Gasteiger partial charge is 0.159 e. The fraction of sp³-hybridized carbons (Fsp3) is 0.571. The Hall–Kier alpha value is -0.960. The molecule has 2 unspecified atom stereocenters. The predicted molar refractivity (Wildman–Crippen MR) is 65.0 cm³/mol. The number of benzene rings is 1. The Kier molecular flexibility index (Phi) is 4.11. The Morgan fingerprint density at radius 3 is 2.65 bits per heavy atom. The van der Waals surface area contributed by atoms with Gasteiger partial charge in [-0.1, -0.05) is 13.0 Å². The van der Waals surface area contributed by atoms with E-state index in [0.29, 0.717) is 11.8 Å². The molecule has 94 valence electrons. The van der Waals surface area contributed by atoms with Gasteiger partial charge in [0.1, 0.15) is 0 Å². The SMILES string of the molecule is CCCNCC1CCC1c1ccc(F)c(F)c1. The minimum atomic E-state index is -0.756. The molecule has 0 spiro atoms. The molecule has 1 aliphatic rings. The summed E-state index contributed by atoms with van der Waals surface area (Å²) >= 11 is 0. The molecule has 1 nitrogen and oxygen atoms in total. The fourth-order valence-electron chi connectivity index (χ4n) is 2.46. The first-order valence-electron chi connectivity index (χ1n) is 6.38. The number of halogens is 2. The van der Waals surface area contributed by atoms with Crippen molar-refractivity contribution < 1.29 is 8.78 Å². The summed E-state index contributed by atoms with van der Waals surface area (Å²) in [5, 5.41) is 3.39. The highest BCUT2D eigenvalue weighted by Crippen LogP contribution is 2.42. The summed E-state index contributed by atoms with van der Waals surface area (Å²) in [5.74, 6) is -0.510. The molecular weight excluding hydrogens is 220 g/mol. The summed E-state index contributed by atoms with van der Waals surface area (Å²) in [6, 6.07) is 4.31. The molecule has 0 saturated heterocycles. The molecule has 1 saturated carbocycles. The molecule has 0 amide bonds. The number of rotatable bonds is 5. The van der Waals surface area contributed by atoms with E-state index in [-0.39, 0.29) is 0 Å². The van der Waals surface area contributed by atoms with Crippen LogP contribution in [0, 0.1) is 17.6 Å². The van der Waals surface area contributed by atoms with Crippen molar-refractivity contribution in [1.29, 1.82) is 0 Å². The Labute approximate surface area is 101 Å². The van der Waals surface area contributed by atoms with E-state index in [1.54, 1.807) is 6.07 Å². The van der Waals surface area contributed by atoms with E-state index >= 15 is 0 Å². The van der Waals surface area contributed by atoms with Gasteiger partial charge in [0.25, 0.3) is 0 Å². The van der Waals surface area contributed by atoms with Crippen LogP contribution in [0.3, 0.4) is 0 Å². The molecule has 1 aromatic carbocycles. The molecule has 17 heavy (non-hydrogen) atoms.